The average molecular weight is 359 g/mol. The minimum Gasteiger partial charge on any atom is -0.486 e. The van der Waals surface area contributed by atoms with Gasteiger partial charge in [0, 0.05) is 11.8 Å². The van der Waals surface area contributed by atoms with Gasteiger partial charge >= 0.3 is 5.97 Å². The molecule has 0 radical (unpaired) electrons. The average Bonchev–Trinajstić information content (AvgIpc) is 2.63. The molecule has 2 aromatic carbocycles. The van der Waals surface area contributed by atoms with Crippen molar-refractivity contribution in [1.82, 2.24) is 0 Å². The van der Waals surface area contributed by atoms with Crippen molar-refractivity contribution < 1.29 is 28.2 Å². The van der Waals surface area contributed by atoms with E-state index in [2.05, 4.69) is 5.32 Å². The van der Waals surface area contributed by atoms with Crippen molar-refractivity contribution in [3.63, 3.8) is 0 Å². The van der Waals surface area contributed by atoms with E-state index in [0.717, 1.165) is 0 Å². The Balaban J connectivity index is 1.54. The normalized spacial score (nSPS) is 13.6. The Kier molecular flexibility index (Phi) is 5.36. The molecule has 1 amide bonds. The minimum absolute atomic E-state index is 0.0398. The molecule has 7 heteroatoms. The van der Waals surface area contributed by atoms with Crippen LogP contribution >= 0.6 is 0 Å². The highest BCUT2D eigenvalue weighted by molar-refractivity contribution is 5.95. The molecule has 0 aromatic heterocycles. The van der Waals surface area contributed by atoms with Crippen molar-refractivity contribution in [3.8, 4) is 11.5 Å². The molecule has 0 saturated carbocycles. The molecule has 1 atom stereocenters. The SMILES string of the molecule is C[C@@H](OC(=O)Cc1ccc(F)cc1)C(=O)Nc1ccc2c(c1)OCCO2. The number of anilines is 1. The van der Waals surface area contributed by atoms with E-state index in [-0.39, 0.29) is 12.2 Å². The molecule has 26 heavy (non-hydrogen) atoms. The summed E-state index contributed by atoms with van der Waals surface area (Å²) in [6.07, 6.45) is -1.02. The predicted octanol–water partition coefficient (Wildman–Crippen LogP) is 2.71. The second-order valence-corrected chi connectivity index (χ2v) is 5.78. The van der Waals surface area contributed by atoms with Gasteiger partial charge in [0.05, 0.1) is 6.42 Å². The number of hydrogen-bond donors (Lipinski definition) is 1. The number of carbonyl (C=O) groups excluding carboxylic acids is 2. The lowest BCUT2D eigenvalue weighted by atomic mass is 10.1. The summed E-state index contributed by atoms with van der Waals surface area (Å²) >= 11 is 0. The van der Waals surface area contributed by atoms with Gasteiger partial charge in [-0.1, -0.05) is 12.1 Å². The molecule has 0 spiro atoms. The van der Waals surface area contributed by atoms with E-state index < -0.39 is 18.0 Å². The van der Waals surface area contributed by atoms with Crippen LogP contribution in [0.15, 0.2) is 42.5 Å². The Morgan fingerprint density at radius 2 is 1.81 bits per heavy atom. The Hall–Kier alpha value is -3.09. The van der Waals surface area contributed by atoms with E-state index in [4.69, 9.17) is 14.2 Å². The van der Waals surface area contributed by atoms with Gasteiger partial charge in [0.25, 0.3) is 5.91 Å². The van der Waals surface area contributed by atoms with E-state index >= 15 is 0 Å². The number of benzene rings is 2. The summed E-state index contributed by atoms with van der Waals surface area (Å²) in [7, 11) is 0. The number of fused-ring (bicyclic) bond motifs is 1. The second-order valence-electron chi connectivity index (χ2n) is 5.78. The second kappa shape index (κ2) is 7.86. The molecule has 2 aromatic rings. The number of hydrogen-bond acceptors (Lipinski definition) is 5. The van der Waals surface area contributed by atoms with E-state index in [1.165, 1.54) is 31.2 Å². The van der Waals surface area contributed by atoms with Gasteiger partial charge in [-0.15, -0.1) is 0 Å². The zero-order valence-corrected chi connectivity index (χ0v) is 14.2. The van der Waals surface area contributed by atoms with Gasteiger partial charge in [-0.3, -0.25) is 9.59 Å². The fourth-order valence-electron chi connectivity index (χ4n) is 2.43. The van der Waals surface area contributed by atoms with Crippen molar-refractivity contribution in [1.29, 1.82) is 0 Å². The van der Waals surface area contributed by atoms with Crippen LogP contribution in [0.25, 0.3) is 0 Å². The molecule has 0 unspecified atom stereocenters. The third-order valence-corrected chi connectivity index (χ3v) is 3.75. The third kappa shape index (κ3) is 4.50. The van der Waals surface area contributed by atoms with Gasteiger partial charge < -0.3 is 19.5 Å². The van der Waals surface area contributed by atoms with Gasteiger partial charge in [0.2, 0.25) is 0 Å². The third-order valence-electron chi connectivity index (χ3n) is 3.75. The summed E-state index contributed by atoms with van der Waals surface area (Å²) in [5.74, 6) is -0.243. The van der Waals surface area contributed by atoms with Gasteiger partial charge in [-0.2, -0.15) is 0 Å². The van der Waals surface area contributed by atoms with Crippen molar-refractivity contribution in [2.75, 3.05) is 18.5 Å². The quantitative estimate of drug-likeness (QED) is 0.831. The van der Waals surface area contributed by atoms with Crippen molar-refractivity contribution >= 4 is 17.6 Å². The van der Waals surface area contributed by atoms with Crippen LogP contribution in [0.5, 0.6) is 11.5 Å². The molecule has 1 aliphatic heterocycles. The van der Waals surface area contributed by atoms with Crippen LogP contribution in [0.3, 0.4) is 0 Å². The van der Waals surface area contributed by atoms with Gasteiger partial charge in [0.15, 0.2) is 17.6 Å². The number of esters is 1. The standard InChI is InChI=1S/C19H18FNO5/c1-12(26-18(22)10-13-2-4-14(20)5-3-13)19(23)21-15-6-7-16-17(11-15)25-9-8-24-16/h2-7,11-12H,8-10H2,1H3,(H,21,23)/t12-/m1/s1. The first-order valence-electron chi connectivity index (χ1n) is 8.16. The summed E-state index contributed by atoms with van der Waals surface area (Å²) in [4.78, 5) is 24.1. The highest BCUT2D eigenvalue weighted by Crippen LogP contribution is 2.32. The number of carbonyl (C=O) groups is 2. The van der Waals surface area contributed by atoms with Crippen LogP contribution in [0.4, 0.5) is 10.1 Å². The fraction of sp³-hybridized carbons (Fsp3) is 0.263. The van der Waals surface area contributed by atoms with Crippen LogP contribution in [0.2, 0.25) is 0 Å². The summed E-state index contributed by atoms with van der Waals surface area (Å²) in [5, 5.41) is 2.67. The molecule has 0 aliphatic carbocycles. The van der Waals surface area contributed by atoms with Crippen LogP contribution in [0.1, 0.15) is 12.5 Å². The maximum absolute atomic E-state index is 12.9. The zero-order valence-electron chi connectivity index (χ0n) is 14.2. The molecule has 1 N–H and O–H groups in total. The predicted molar refractivity (Wildman–Crippen MR) is 91.7 cm³/mol. The monoisotopic (exact) mass is 359 g/mol. The molecular formula is C19H18FNO5. The molecule has 0 bridgehead atoms. The largest absolute Gasteiger partial charge is 0.486 e. The summed E-state index contributed by atoms with van der Waals surface area (Å²) in [6.45, 7) is 2.41. The maximum Gasteiger partial charge on any atom is 0.311 e. The van der Waals surface area contributed by atoms with Crippen LogP contribution < -0.4 is 14.8 Å². The first kappa shape index (κ1) is 17.7. The van der Waals surface area contributed by atoms with Crippen molar-refractivity contribution in [2.24, 2.45) is 0 Å². The summed E-state index contributed by atoms with van der Waals surface area (Å²) in [6, 6.07) is 10.6. The molecule has 136 valence electrons. The maximum atomic E-state index is 12.9. The lowest BCUT2D eigenvalue weighted by Gasteiger charge is -2.19. The molecule has 6 nitrogen and oxygen atoms in total. The molecular weight excluding hydrogens is 341 g/mol. The van der Waals surface area contributed by atoms with Gasteiger partial charge in [-0.25, -0.2) is 4.39 Å². The Morgan fingerprint density at radius 3 is 2.54 bits per heavy atom. The number of nitrogens with one attached hydrogen (secondary N) is 1. The number of ether oxygens (including phenoxy) is 3. The first-order chi connectivity index (χ1) is 12.5. The molecule has 0 saturated heterocycles. The highest BCUT2D eigenvalue weighted by atomic mass is 19.1. The summed E-state index contributed by atoms with van der Waals surface area (Å²) < 4.78 is 28.9. The fourth-order valence-corrected chi connectivity index (χ4v) is 2.43. The Labute approximate surface area is 149 Å². The number of halogens is 1. The molecule has 3 rings (SSSR count). The molecule has 1 heterocycles. The zero-order chi connectivity index (χ0) is 18.5. The molecule has 0 fully saturated rings. The van der Waals surface area contributed by atoms with Crippen LogP contribution in [-0.4, -0.2) is 31.2 Å². The topological polar surface area (TPSA) is 73.9 Å². The van der Waals surface area contributed by atoms with Gasteiger partial charge in [-0.05, 0) is 36.8 Å². The lowest BCUT2D eigenvalue weighted by Crippen LogP contribution is -2.30. The summed E-state index contributed by atoms with van der Waals surface area (Å²) in [5.41, 5.74) is 1.12. The Bertz CT molecular complexity index is 806. The lowest BCUT2D eigenvalue weighted by molar-refractivity contribution is -0.152. The Morgan fingerprint density at radius 1 is 1.12 bits per heavy atom. The molecule has 1 aliphatic rings. The van der Waals surface area contributed by atoms with E-state index in [1.54, 1.807) is 18.2 Å². The number of amides is 1. The first-order valence-corrected chi connectivity index (χ1v) is 8.16. The van der Waals surface area contributed by atoms with E-state index in [0.29, 0.717) is 36.0 Å². The van der Waals surface area contributed by atoms with Crippen molar-refractivity contribution in [2.45, 2.75) is 19.4 Å². The van der Waals surface area contributed by atoms with E-state index in [9.17, 15) is 14.0 Å². The smallest absolute Gasteiger partial charge is 0.311 e. The van der Waals surface area contributed by atoms with Crippen LogP contribution in [-0.2, 0) is 20.7 Å². The minimum atomic E-state index is -0.976. The van der Waals surface area contributed by atoms with Gasteiger partial charge in [0.1, 0.15) is 19.0 Å². The van der Waals surface area contributed by atoms with Crippen molar-refractivity contribution in [3.05, 3.63) is 53.8 Å². The van der Waals surface area contributed by atoms with Crippen LogP contribution in [0, 0.1) is 5.82 Å². The van der Waals surface area contributed by atoms with E-state index in [1.807, 2.05) is 0 Å². The highest BCUT2D eigenvalue weighted by Gasteiger charge is 2.19. The number of rotatable bonds is 5.